The minimum absolute atomic E-state index is 0.222. The average Bonchev–Trinajstić information content (AvgIpc) is 3.29. The summed E-state index contributed by atoms with van der Waals surface area (Å²) >= 11 is 0. The first-order chi connectivity index (χ1) is 30.7. The van der Waals surface area contributed by atoms with E-state index < -0.39 is 0 Å². The molecule has 6 heteroatoms. The second-order valence-electron chi connectivity index (χ2n) is 19.1. The molecule has 2 N–H and O–H groups in total. The van der Waals surface area contributed by atoms with Crippen molar-refractivity contribution < 1.29 is 19.7 Å². The van der Waals surface area contributed by atoms with E-state index in [9.17, 15) is 10.2 Å². The van der Waals surface area contributed by atoms with Crippen LogP contribution in [0.2, 0.25) is 0 Å². The normalized spacial score (nSPS) is 16.6. The van der Waals surface area contributed by atoms with Gasteiger partial charge in [0.05, 0.1) is 12.2 Å². The van der Waals surface area contributed by atoms with Gasteiger partial charge in [0.15, 0.2) is 0 Å². The number of pyridine rings is 2. The van der Waals surface area contributed by atoms with Crippen LogP contribution in [0.15, 0.2) is 73.3 Å². The van der Waals surface area contributed by atoms with Crippen LogP contribution >= 0.6 is 0 Å². The Balaban J connectivity index is 0.923. The van der Waals surface area contributed by atoms with E-state index in [1.54, 1.807) is 12.4 Å². The molecule has 6 aromatic rings. The van der Waals surface area contributed by atoms with Gasteiger partial charge in [-0.05, 0) is 234 Å². The number of rotatable bonds is 10. The Labute approximate surface area is 373 Å². The predicted octanol–water partition coefficient (Wildman–Crippen LogP) is 13.3. The zero-order valence-corrected chi connectivity index (χ0v) is 37.7. The van der Waals surface area contributed by atoms with E-state index >= 15 is 0 Å². The highest BCUT2D eigenvalue weighted by molar-refractivity contribution is 5.89. The highest BCUT2D eigenvalue weighted by Gasteiger charge is 2.29. The van der Waals surface area contributed by atoms with Gasteiger partial charge in [0, 0.05) is 64.6 Å². The highest BCUT2D eigenvalue weighted by Crippen LogP contribution is 2.50. The molecule has 0 saturated carbocycles. The summed E-state index contributed by atoms with van der Waals surface area (Å²) in [6.07, 6.45) is 25.7. The van der Waals surface area contributed by atoms with E-state index in [1.807, 2.05) is 24.5 Å². The Bertz CT molecular complexity index is 2460. The third kappa shape index (κ3) is 8.00. The van der Waals surface area contributed by atoms with Gasteiger partial charge < -0.3 is 19.7 Å². The fourth-order valence-corrected chi connectivity index (χ4v) is 11.6. The van der Waals surface area contributed by atoms with Crippen LogP contribution in [0.25, 0.3) is 44.5 Å². The molecular formula is C57H62N2O4. The number of ether oxygens (including phenoxy) is 2. The van der Waals surface area contributed by atoms with Crippen molar-refractivity contribution in [1.82, 2.24) is 9.97 Å². The molecule has 0 amide bonds. The van der Waals surface area contributed by atoms with Crippen LogP contribution < -0.4 is 9.47 Å². The molecule has 2 heterocycles. The zero-order chi connectivity index (χ0) is 43.2. The van der Waals surface area contributed by atoms with E-state index in [-0.39, 0.29) is 12.2 Å². The summed E-state index contributed by atoms with van der Waals surface area (Å²) < 4.78 is 13.5. The number of nitrogens with zero attached hydrogens (tertiary/aromatic N) is 2. The molecular weight excluding hydrogens is 777 g/mol. The molecule has 63 heavy (non-hydrogen) atoms. The summed E-state index contributed by atoms with van der Waals surface area (Å²) in [5, 5.41) is 24.6. The third-order valence-electron chi connectivity index (χ3n) is 14.5. The van der Waals surface area contributed by atoms with Gasteiger partial charge in [0.1, 0.15) is 23.0 Å². The number of hydrogen-bond acceptors (Lipinski definition) is 6. The standard InChI is InChI=1S/C57H62N2O4/c1-34-25-46(56(60)48(27-34)54-42-17-9-5-13-38(42)30-39-14-6-10-18-43(39)54)50-32-58-23-21-52(50)62-36(3)29-37(4)63-53-22-24-59-33-51(53)47-26-35(2)28-49(57(47)61)55-44-19-11-7-15-40(44)31-41-16-8-12-20-45(41)55/h21-28,30-33,36-37,60-61H,5-20,29H2,1-4H3/t36-,37?/m1/s1. The van der Waals surface area contributed by atoms with Crippen molar-refractivity contribution in [3.05, 3.63) is 129 Å². The molecule has 0 fully saturated rings. The second kappa shape index (κ2) is 17.5. The number of aromatic hydroxyl groups is 2. The molecule has 4 aromatic carbocycles. The van der Waals surface area contributed by atoms with Crippen LogP contribution in [0, 0.1) is 13.8 Å². The van der Waals surface area contributed by atoms with Crippen LogP contribution in [0.1, 0.15) is 127 Å². The lowest BCUT2D eigenvalue weighted by atomic mass is 9.76. The molecule has 324 valence electrons. The molecule has 2 atom stereocenters. The Kier molecular flexibility index (Phi) is 11.5. The number of phenols is 2. The van der Waals surface area contributed by atoms with E-state index in [1.165, 1.54) is 107 Å². The van der Waals surface area contributed by atoms with Crippen molar-refractivity contribution in [2.45, 2.75) is 149 Å². The Hall–Kier alpha value is -5.62. The van der Waals surface area contributed by atoms with Gasteiger partial charge in [-0.15, -0.1) is 0 Å². The molecule has 4 aliphatic carbocycles. The minimum atomic E-state index is -0.222. The summed E-state index contributed by atoms with van der Waals surface area (Å²) in [4.78, 5) is 9.07. The molecule has 6 nitrogen and oxygen atoms in total. The Morgan fingerprint density at radius 2 is 0.794 bits per heavy atom. The van der Waals surface area contributed by atoms with Gasteiger partial charge in [-0.3, -0.25) is 9.97 Å². The van der Waals surface area contributed by atoms with E-state index in [4.69, 9.17) is 9.47 Å². The molecule has 0 radical (unpaired) electrons. The van der Waals surface area contributed by atoms with Gasteiger partial charge in [0.25, 0.3) is 0 Å². The lowest BCUT2D eigenvalue weighted by molar-refractivity contribution is 0.131. The van der Waals surface area contributed by atoms with Crippen LogP contribution in [-0.4, -0.2) is 32.4 Å². The van der Waals surface area contributed by atoms with Gasteiger partial charge in [-0.25, -0.2) is 0 Å². The summed E-state index contributed by atoms with van der Waals surface area (Å²) in [5.74, 6) is 1.96. The smallest absolute Gasteiger partial charge is 0.131 e. The maximum atomic E-state index is 12.3. The maximum Gasteiger partial charge on any atom is 0.131 e. The number of fused-ring (bicyclic) bond motifs is 4. The number of phenolic OH excluding ortho intramolecular Hbond substituents is 2. The lowest BCUT2D eigenvalue weighted by Gasteiger charge is -2.29. The average molecular weight is 839 g/mol. The summed E-state index contributed by atoms with van der Waals surface area (Å²) in [5.41, 5.74) is 21.3. The van der Waals surface area contributed by atoms with Gasteiger partial charge in [-0.2, -0.15) is 0 Å². The first-order valence-electron chi connectivity index (χ1n) is 23.9. The summed E-state index contributed by atoms with van der Waals surface area (Å²) in [6.45, 7) is 8.39. The topological polar surface area (TPSA) is 84.7 Å². The van der Waals surface area contributed by atoms with Crippen molar-refractivity contribution in [2.24, 2.45) is 0 Å². The number of aryl methyl sites for hydroxylation is 6. The molecule has 0 aliphatic heterocycles. The second-order valence-corrected chi connectivity index (χ2v) is 19.1. The quantitative estimate of drug-likeness (QED) is 0.143. The highest BCUT2D eigenvalue weighted by atomic mass is 16.5. The Morgan fingerprint density at radius 3 is 1.16 bits per heavy atom. The van der Waals surface area contributed by atoms with Crippen LogP contribution in [0.5, 0.6) is 23.0 Å². The van der Waals surface area contributed by atoms with Crippen LogP contribution in [0.4, 0.5) is 0 Å². The van der Waals surface area contributed by atoms with Crippen molar-refractivity contribution in [3.63, 3.8) is 0 Å². The van der Waals surface area contributed by atoms with Gasteiger partial charge in [-0.1, -0.05) is 12.1 Å². The van der Waals surface area contributed by atoms with Crippen molar-refractivity contribution in [2.75, 3.05) is 0 Å². The van der Waals surface area contributed by atoms with Gasteiger partial charge in [0.2, 0.25) is 0 Å². The minimum Gasteiger partial charge on any atom is -0.507 e. The van der Waals surface area contributed by atoms with Crippen molar-refractivity contribution in [1.29, 1.82) is 0 Å². The van der Waals surface area contributed by atoms with E-state index in [0.717, 1.165) is 95.9 Å². The zero-order valence-electron chi connectivity index (χ0n) is 37.7. The number of benzene rings is 4. The lowest BCUT2D eigenvalue weighted by Crippen LogP contribution is -2.23. The largest absolute Gasteiger partial charge is 0.507 e. The van der Waals surface area contributed by atoms with Crippen LogP contribution in [-0.2, 0) is 51.4 Å². The molecule has 4 aliphatic rings. The fourth-order valence-electron chi connectivity index (χ4n) is 11.6. The number of hydrogen-bond donors (Lipinski definition) is 2. The third-order valence-corrected chi connectivity index (χ3v) is 14.5. The molecule has 0 spiro atoms. The van der Waals surface area contributed by atoms with Crippen molar-refractivity contribution >= 4 is 0 Å². The first kappa shape index (κ1) is 41.4. The monoisotopic (exact) mass is 838 g/mol. The Morgan fingerprint density at radius 1 is 0.460 bits per heavy atom. The van der Waals surface area contributed by atoms with Crippen LogP contribution in [0.3, 0.4) is 0 Å². The predicted molar refractivity (Wildman–Crippen MR) is 254 cm³/mol. The first-order valence-corrected chi connectivity index (χ1v) is 23.9. The maximum absolute atomic E-state index is 12.3. The molecule has 2 aromatic heterocycles. The summed E-state index contributed by atoms with van der Waals surface area (Å²) in [7, 11) is 0. The summed E-state index contributed by atoms with van der Waals surface area (Å²) in [6, 6.07) is 17.3. The fraction of sp³-hybridized carbons (Fsp3) is 0.404. The van der Waals surface area contributed by atoms with Gasteiger partial charge >= 0.3 is 0 Å². The van der Waals surface area contributed by atoms with E-state index in [0.29, 0.717) is 29.4 Å². The number of aromatic nitrogens is 2. The molecule has 10 rings (SSSR count). The van der Waals surface area contributed by atoms with E-state index in [2.05, 4.69) is 74.1 Å². The molecule has 1 unspecified atom stereocenters. The molecule has 0 bridgehead atoms. The van der Waals surface area contributed by atoms with Crippen molar-refractivity contribution in [3.8, 4) is 67.5 Å². The SMILES string of the molecule is Cc1cc(-c2cnccc2OC(C)C[C@@H](C)Oc2ccncc2-c2cc(C)cc(-c3c4c(cc5c3CCCC5)CCCC4)c2O)c(O)c(-c2c3c(cc4c2CCCC4)CCCC3)c1. The molecule has 0 saturated heterocycles.